The average Bonchev–Trinajstić information content (AvgIpc) is 2.96. The molecule has 1 amide bonds. The largest absolute Gasteiger partial charge is 0.488 e. The van der Waals surface area contributed by atoms with Gasteiger partial charge in [-0.1, -0.05) is 17.7 Å². The molecule has 0 radical (unpaired) electrons. The van der Waals surface area contributed by atoms with Gasteiger partial charge in [-0.05, 0) is 62.6 Å². The lowest BCUT2D eigenvalue weighted by atomic mass is 10.00. The van der Waals surface area contributed by atoms with Gasteiger partial charge in [-0.3, -0.25) is 0 Å². The van der Waals surface area contributed by atoms with Gasteiger partial charge in [-0.2, -0.15) is 0 Å². The predicted molar refractivity (Wildman–Crippen MR) is 100 cm³/mol. The van der Waals surface area contributed by atoms with E-state index in [0.29, 0.717) is 19.7 Å². The molecule has 0 N–H and O–H groups in total. The number of hydrogen-bond acceptors (Lipinski definition) is 4. The van der Waals surface area contributed by atoms with Crippen LogP contribution in [0.2, 0.25) is 4.34 Å². The number of ether oxygens (including phenoxy) is 2. The molecule has 134 valence electrons. The van der Waals surface area contributed by atoms with Gasteiger partial charge in [0.2, 0.25) is 0 Å². The minimum Gasteiger partial charge on any atom is -0.488 e. The fourth-order valence-electron chi connectivity index (χ4n) is 2.69. The van der Waals surface area contributed by atoms with Gasteiger partial charge in [0.25, 0.3) is 0 Å². The Morgan fingerprint density at radius 1 is 1.24 bits per heavy atom. The summed E-state index contributed by atoms with van der Waals surface area (Å²) in [7, 11) is 0. The van der Waals surface area contributed by atoms with Crippen LogP contribution in [0.25, 0.3) is 0 Å². The summed E-state index contributed by atoms with van der Waals surface area (Å²) in [6, 6.07) is 9.92. The summed E-state index contributed by atoms with van der Waals surface area (Å²) in [5.74, 6) is 0.800. The highest BCUT2D eigenvalue weighted by atomic mass is 35.5. The van der Waals surface area contributed by atoms with Crippen molar-refractivity contribution in [3.8, 4) is 5.75 Å². The fourth-order valence-corrected chi connectivity index (χ4v) is 3.69. The summed E-state index contributed by atoms with van der Waals surface area (Å²) in [6.07, 6.45) is 0.563. The van der Waals surface area contributed by atoms with Crippen LogP contribution in [0.3, 0.4) is 0 Å². The first-order valence-corrected chi connectivity index (χ1v) is 9.46. The number of carbonyl (C=O) groups is 1. The number of nitrogens with zero attached hydrogens (tertiary/aromatic N) is 1. The molecule has 25 heavy (non-hydrogen) atoms. The smallest absolute Gasteiger partial charge is 0.410 e. The number of halogens is 1. The van der Waals surface area contributed by atoms with Gasteiger partial charge in [-0.25, -0.2) is 4.79 Å². The standard InChI is InChI=1S/C19H22ClNO3S/c1-19(2,3)24-18(22)21-9-8-13-4-5-15(10-14(13)11-21)23-12-16-6-7-17(20)25-16/h4-7,10H,8-9,11-12H2,1-3H3. The fraction of sp³-hybridized carbons (Fsp3) is 0.421. The zero-order valence-corrected chi connectivity index (χ0v) is 16.2. The lowest BCUT2D eigenvalue weighted by Crippen LogP contribution is -2.39. The first-order chi connectivity index (χ1) is 11.8. The van der Waals surface area contributed by atoms with E-state index in [4.69, 9.17) is 21.1 Å². The third kappa shape index (κ3) is 4.89. The van der Waals surface area contributed by atoms with Crippen LogP contribution in [-0.4, -0.2) is 23.1 Å². The minimum atomic E-state index is -0.482. The van der Waals surface area contributed by atoms with Crippen LogP contribution >= 0.6 is 22.9 Å². The average molecular weight is 380 g/mol. The molecular weight excluding hydrogens is 358 g/mol. The lowest BCUT2D eigenvalue weighted by Gasteiger charge is -2.31. The second-order valence-electron chi connectivity index (χ2n) is 7.08. The number of hydrogen-bond donors (Lipinski definition) is 0. The molecule has 4 nitrogen and oxygen atoms in total. The second kappa shape index (κ2) is 7.26. The van der Waals surface area contributed by atoms with E-state index in [0.717, 1.165) is 26.9 Å². The molecular formula is C19H22ClNO3S. The first kappa shape index (κ1) is 18.1. The maximum atomic E-state index is 12.3. The SMILES string of the molecule is CC(C)(C)OC(=O)N1CCc2ccc(OCc3ccc(Cl)s3)cc2C1. The normalized spacial score (nSPS) is 14.2. The van der Waals surface area contributed by atoms with Crippen LogP contribution in [0.4, 0.5) is 4.79 Å². The quantitative estimate of drug-likeness (QED) is 0.728. The molecule has 0 spiro atoms. The molecule has 6 heteroatoms. The number of benzene rings is 1. The van der Waals surface area contributed by atoms with Gasteiger partial charge >= 0.3 is 6.09 Å². The van der Waals surface area contributed by atoms with Crippen molar-refractivity contribution < 1.29 is 14.3 Å². The minimum absolute atomic E-state index is 0.266. The molecule has 3 rings (SSSR count). The molecule has 1 aromatic heterocycles. The molecule has 2 aromatic rings. The number of amides is 1. The molecule has 2 heterocycles. The van der Waals surface area contributed by atoms with Crippen LogP contribution in [0.15, 0.2) is 30.3 Å². The predicted octanol–water partition coefficient (Wildman–Crippen LogP) is 5.27. The third-order valence-electron chi connectivity index (χ3n) is 3.85. The van der Waals surface area contributed by atoms with Crippen molar-refractivity contribution >= 4 is 29.0 Å². The topological polar surface area (TPSA) is 38.8 Å². The molecule has 1 aromatic carbocycles. The molecule has 1 aliphatic rings. The van der Waals surface area contributed by atoms with Crippen molar-refractivity contribution in [2.45, 2.75) is 45.9 Å². The summed E-state index contributed by atoms with van der Waals surface area (Å²) in [5, 5.41) is 0. The van der Waals surface area contributed by atoms with E-state index < -0.39 is 5.60 Å². The van der Waals surface area contributed by atoms with E-state index >= 15 is 0 Å². The highest BCUT2D eigenvalue weighted by molar-refractivity contribution is 7.16. The van der Waals surface area contributed by atoms with Crippen molar-refractivity contribution in [2.75, 3.05) is 6.54 Å². The van der Waals surface area contributed by atoms with Gasteiger partial charge in [-0.15, -0.1) is 11.3 Å². The highest BCUT2D eigenvalue weighted by Gasteiger charge is 2.25. The van der Waals surface area contributed by atoms with E-state index in [2.05, 4.69) is 6.07 Å². The Balaban J connectivity index is 1.65. The molecule has 0 unspecified atom stereocenters. The van der Waals surface area contributed by atoms with Crippen molar-refractivity contribution in [3.63, 3.8) is 0 Å². The van der Waals surface area contributed by atoms with Crippen LogP contribution in [-0.2, 0) is 24.3 Å². The summed E-state index contributed by atoms with van der Waals surface area (Å²) in [6.45, 7) is 7.36. The maximum Gasteiger partial charge on any atom is 0.410 e. The van der Waals surface area contributed by atoms with E-state index in [9.17, 15) is 4.79 Å². The number of carbonyl (C=O) groups excluding carboxylic acids is 1. The summed E-state index contributed by atoms with van der Waals surface area (Å²) < 4.78 is 12.1. The van der Waals surface area contributed by atoms with E-state index in [-0.39, 0.29) is 6.09 Å². The Morgan fingerprint density at radius 2 is 2.04 bits per heavy atom. The number of thiophene rings is 1. The van der Waals surface area contributed by atoms with Crippen LogP contribution in [0.5, 0.6) is 5.75 Å². The van der Waals surface area contributed by atoms with Gasteiger partial charge in [0, 0.05) is 18.0 Å². The molecule has 0 bridgehead atoms. The Bertz CT molecular complexity index is 766. The molecule has 0 fully saturated rings. The third-order valence-corrected chi connectivity index (χ3v) is 5.06. The molecule has 0 saturated heterocycles. The molecule has 1 aliphatic heterocycles. The van der Waals surface area contributed by atoms with Crippen molar-refractivity contribution in [1.29, 1.82) is 0 Å². The van der Waals surface area contributed by atoms with Crippen molar-refractivity contribution in [1.82, 2.24) is 4.90 Å². The Kier molecular flexibility index (Phi) is 5.25. The number of fused-ring (bicyclic) bond motifs is 1. The van der Waals surface area contributed by atoms with Crippen molar-refractivity contribution in [2.24, 2.45) is 0 Å². The molecule has 0 atom stereocenters. The van der Waals surface area contributed by atoms with Gasteiger partial charge in [0.05, 0.1) is 4.34 Å². The van der Waals surface area contributed by atoms with Crippen molar-refractivity contribution in [3.05, 3.63) is 50.7 Å². The summed E-state index contributed by atoms with van der Waals surface area (Å²) >= 11 is 7.46. The maximum absolute atomic E-state index is 12.3. The second-order valence-corrected chi connectivity index (χ2v) is 8.88. The molecule has 0 saturated carbocycles. The zero-order chi connectivity index (χ0) is 18.0. The summed E-state index contributed by atoms with van der Waals surface area (Å²) in [5.41, 5.74) is 1.88. The lowest BCUT2D eigenvalue weighted by molar-refractivity contribution is 0.0223. The van der Waals surface area contributed by atoms with E-state index in [1.54, 1.807) is 4.90 Å². The van der Waals surface area contributed by atoms with Crippen LogP contribution < -0.4 is 4.74 Å². The highest BCUT2D eigenvalue weighted by Crippen LogP contribution is 2.27. The Morgan fingerprint density at radius 3 is 2.72 bits per heavy atom. The van der Waals surface area contributed by atoms with Gasteiger partial charge in [0.1, 0.15) is 18.0 Å². The first-order valence-electron chi connectivity index (χ1n) is 8.27. The van der Waals surface area contributed by atoms with Gasteiger partial charge in [0.15, 0.2) is 0 Å². The van der Waals surface area contributed by atoms with E-state index in [1.165, 1.54) is 16.9 Å². The van der Waals surface area contributed by atoms with Crippen LogP contribution in [0.1, 0.15) is 36.8 Å². The van der Waals surface area contributed by atoms with E-state index in [1.807, 2.05) is 45.0 Å². The van der Waals surface area contributed by atoms with Gasteiger partial charge < -0.3 is 14.4 Å². The Hall–Kier alpha value is -1.72. The Labute approximate surface area is 157 Å². The molecule has 0 aliphatic carbocycles. The zero-order valence-electron chi connectivity index (χ0n) is 14.7. The summed E-state index contributed by atoms with van der Waals surface area (Å²) in [4.78, 5) is 15.1. The monoisotopic (exact) mass is 379 g/mol. The number of rotatable bonds is 3. The van der Waals surface area contributed by atoms with Crippen LogP contribution in [0, 0.1) is 0 Å².